The van der Waals surface area contributed by atoms with E-state index in [2.05, 4.69) is 0 Å². The van der Waals surface area contributed by atoms with Gasteiger partial charge in [-0.15, -0.1) is 11.6 Å². The third-order valence-corrected chi connectivity index (χ3v) is 3.22. The molecular weight excluding hydrogens is 136 g/mol. The highest BCUT2D eigenvalue weighted by molar-refractivity contribution is 6.23. The van der Waals surface area contributed by atoms with Crippen LogP contribution in [0.5, 0.6) is 0 Å². The molecule has 0 amide bonds. The average molecular weight is 145 g/mol. The zero-order valence-corrected chi connectivity index (χ0v) is 5.90. The number of ketones is 1. The van der Waals surface area contributed by atoms with Crippen LogP contribution in [-0.2, 0) is 4.79 Å². The third kappa shape index (κ3) is 0.644. The fourth-order valence-corrected chi connectivity index (χ4v) is 2.49. The predicted octanol–water partition coefficient (Wildman–Crippen LogP) is 1.59. The summed E-state index contributed by atoms with van der Waals surface area (Å²) in [6.45, 7) is 0. The van der Waals surface area contributed by atoms with E-state index in [1.165, 1.54) is 6.42 Å². The SMILES string of the molecule is O=C1C[C@@H]2CC[C@H]1C2Cl. The van der Waals surface area contributed by atoms with Gasteiger partial charge in [0.05, 0.1) is 0 Å². The molecule has 0 N–H and O–H groups in total. The topological polar surface area (TPSA) is 17.1 Å². The van der Waals surface area contributed by atoms with Crippen molar-refractivity contribution in [2.24, 2.45) is 11.8 Å². The Morgan fingerprint density at radius 2 is 2.22 bits per heavy atom. The highest BCUT2D eigenvalue weighted by atomic mass is 35.5. The number of carbonyl (C=O) groups excluding carboxylic acids is 1. The smallest absolute Gasteiger partial charge is 0.137 e. The second-order valence-electron chi connectivity index (χ2n) is 3.06. The standard InChI is InChI=1S/C7H9ClO/c8-7-4-1-2-5(7)6(9)3-4/h4-5,7H,1-3H2/t4-,5+,7?/m0/s1. The van der Waals surface area contributed by atoms with Crippen LogP contribution in [0.1, 0.15) is 19.3 Å². The van der Waals surface area contributed by atoms with Crippen molar-refractivity contribution in [3.63, 3.8) is 0 Å². The summed E-state index contributed by atoms with van der Waals surface area (Å²) >= 11 is 5.95. The molecule has 1 nitrogen and oxygen atoms in total. The number of carbonyl (C=O) groups is 1. The lowest BCUT2D eigenvalue weighted by atomic mass is 10.00. The minimum absolute atomic E-state index is 0.192. The van der Waals surface area contributed by atoms with Crippen molar-refractivity contribution in [3.8, 4) is 0 Å². The number of fused-ring (bicyclic) bond motifs is 2. The maximum absolute atomic E-state index is 11.0. The van der Waals surface area contributed by atoms with Gasteiger partial charge in [0.15, 0.2) is 0 Å². The molecule has 0 aromatic rings. The summed E-state index contributed by atoms with van der Waals surface area (Å²) in [5.41, 5.74) is 0. The van der Waals surface area contributed by atoms with Crippen LogP contribution in [0, 0.1) is 11.8 Å². The molecule has 0 heterocycles. The lowest BCUT2D eigenvalue weighted by Crippen LogP contribution is -2.10. The Balaban J connectivity index is 2.26. The Labute approximate surface area is 59.4 Å². The molecule has 0 saturated heterocycles. The molecule has 1 unspecified atom stereocenters. The van der Waals surface area contributed by atoms with Crippen LogP contribution in [0.2, 0.25) is 0 Å². The van der Waals surface area contributed by atoms with Crippen molar-refractivity contribution < 1.29 is 4.79 Å². The van der Waals surface area contributed by atoms with E-state index in [-0.39, 0.29) is 11.3 Å². The predicted molar refractivity (Wildman–Crippen MR) is 35.5 cm³/mol. The van der Waals surface area contributed by atoms with E-state index in [1.807, 2.05) is 0 Å². The highest BCUT2D eigenvalue weighted by Crippen LogP contribution is 2.45. The average Bonchev–Trinajstić information content (AvgIpc) is 2.25. The molecule has 0 aromatic carbocycles. The fourth-order valence-electron chi connectivity index (χ4n) is 2.00. The monoisotopic (exact) mass is 144 g/mol. The van der Waals surface area contributed by atoms with E-state index >= 15 is 0 Å². The number of rotatable bonds is 0. The summed E-state index contributed by atoms with van der Waals surface area (Å²) < 4.78 is 0. The Bertz CT molecular complexity index is 155. The maximum atomic E-state index is 11.0. The summed E-state index contributed by atoms with van der Waals surface area (Å²) in [7, 11) is 0. The van der Waals surface area contributed by atoms with Gasteiger partial charge in [-0.1, -0.05) is 0 Å². The van der Waals surface area contributed by atoms with Gasteiger partial charge in [0.1, 0.15) is 5.78 Å². The van der Waals surface area contributed by atoms with Gasteiger partial charge in [-0.05, 0) is 18.8 Å². The Morgan fingerprint density at radius 3 is 2.44 bits per heavy atom. The van der Waals surface area contributed by atoms with Crippen LogP contribution >= 0.6 is 11.6 Å². The van der Waals surface area contributed by atoms with E-state index in [0.29, 0.717) is 11.7 Å². The molecule has 2 heteroatoms. The Morgan fingerprint density at radius 1 is 1.44 bits per heavy atom. The fraction of sp³-hybridized carbons (Fsp3) is 0.857. The quantitative estimate of drug-likeness (QED) is 0.472. The second-order valence-corrected chi connectivity index (χ2v) is 3.56. The molecule has 50 valence electrons. The van der Waals surface area contributed by atoms with Crippen LogP contribution in [0.15, 0.2) is 0 Å². The number of halogens is 1. The van der Waals surface area contributed by atoms with Gasteiger partial charge in [-0.2, -0.15) is 0 Å². The van der Waals surface area contributed by atoms with Crippen LogP contribution in [-0.4, -0.2) is 11.2 Å². The first-order valence-corrected chi connectivity index (χ1v) is 3.89. The normalized spacial score (nSPS) is 48.6. The van der Waals surface area contributed by atoms with Gasteiger partial charge in [0, 0.05) is 17.7 Å². The van der Waals surface area contributed by atoms with Gasteiger partial charge in [-0.25, -0.2) is 0 Å². The number of Topliss-reactive ketones (excluding diaryl/α,β-unsaturated/α-hetero) is 1. The number of alkyl halides is 1. The third-order valence-electron chi connectivity index (χ3n) is 2.56. The van der Waals surface area contributed by atoms with Gasteiger partial charge in [0.2, 0.25) is 0 Å². The van der Waals surface area contributed by atoms with E-state index in [1.54, 1.807) is 0 Å². The first kappa shape index (κ1) is 5.72. The molecule has 0 radical (unpaired) electrons. The van der Waals surface area contributed by atoms with Crippen molar-refractivity contribution in [3.05, 3.63) is 0 Å². The van der Waals surface area contributed by atoms with Crippen molar-refractivity contribution in [2.45, 2.75) is 24.6 Å². The zero-order valence-electron chi connectivity index (χ0n) is 5.14. The van der Waals surface area contributed by atoms with Crippen molar-refractivity contribution in [1.29, 1.82) is 0 Å². The van der Waals surface area contributed by atoms with Gasteiger partial charge in [0.25, 0.3) is 0 Å². The summed E-state index contributed by atoms with van der Waals surface area (Å²) in [5, 5.41) is 0.192. The molecule has 0 aliphatic heterocycles. The zero-order chi connectivity index (χ0) is 6.43. The maximum Gasteiger partial charge on any atom is 0.137 e. The molecule has 2 aliphatic rings. The minimum Gasteiger partial charge on any atom is -0.299 e. The highest BCUT2D eigenvalue weighted by Gasteiger charge is 2.46. The second kappa shape index (κ2) is 1.72. The minimum atomic E-state index is 0.192. The van der Waals surface area contributed by atoms with Gasteiger partial charge >= 0.3 is 0 Å². The van der Waals surface area contributed by atoms with Crippen molar-refractivity contribution in [2.75, 3.05) is 0 Å². The van der Waals surface area contributed by atoms with Gasteiger partial charge in [-0.3, -0.25) is 4.79 Å². The first-order valence-electron chi connectivity index (χ1n) is 3.46. The summed E-state index contributed by atoms with van der Waals surface area (Å²) in [6.07, 6.45) is 3.00. The van der Waals surface area contributed by atoms with Crippen LogP contribution in [0.4, 0.5) is 0 Å². The lowest BCUT2D eigenvalue weighted by Gasteiger charge is -2.04. The molecule has 2 aliphatic carbocycles. The Hall–Kier alpha value is -0.0400. The molecule has 3 atom stereocenters. The van der Waals surface area contributed by atoms with Crippen molar-refractivity contribution >= 4 is 17.4 Å². The number of hydrogen-bond acceptors (Lipinski definition) is 1. The number of hydrogen-bond donors (Lipinski definition) is 0. The summed E-state index contributed by atoms with van der Waals surface area (Å²) in [6, 6.07) is 0. The van der Waals surface area contributed by atoms with E-state index in [9.17, 15) is 4.79 Å². The Kier molecular flexibility index (Phi) is 1.10. The van der Waals surface area contributed by atoms with Crippen LogP contribution in [0.3, 0.4) is 0 Å². The molecule has 2 fully saturated rings. The largest absolute Gasteiger partial charge is 0.299 e. The van der Waals surface area contributed by atoms with E-state index in [0.717, 1.165) is 12.8 Å². The first-order chi connectivity index (χ1) is 4.29. The molecule has 0 aromatic heterocycles. The van der Waals surface area contributed by atoms with Gasteiger partial charge < -0.3 is 0 Å². The van der Waals surface area contributed by atoms with E-state index < -0.39 is 0 Å². The summed E-state index contributed by atoms with van der Waals surface area (Å²) in [4.78, 5) is 11.0. The van der Waals surface area contributed by atoms with Crippen molar-refractivity contribution in [1.82, 2.24) is 0 Å². The van der Waals surface area contributed by atoms with Crippen LogP contribution < -0.4 is 0 Å². The van der Waals surface area contributed by atoms with Crippen LogP contribution in [0.25, 0.3) is 0 Å². The molecule has 9 heavy (non-hydrogen) atoms. The molecule has 0 spiro atoms. The molecule has 2 rings (SSSR count). The molecule has 2 saturated carbocycles. The molecular formula is C7H9ClO. The summed E-state index contributed by atoms with van der Waals surface area (Å²) in [5.74, 6) is 1.17. The molecule has 2 bridgehead atoms. The van der Waals surface area contributed by atoms with E-state index in [4.69, 9.17) is 11.6 Å². The lowest BCUT2D eigenvalue weighted by molar-refractivity contribution is -0.121.